The lowest BCUT2D eigenvalue weighted by atomic mass is 9.89. The summed E-state index contributed by atoms with van der Waals surface area (Å²) in [6.45, 7) is 1.89. The topological polar surface area (TPSA) is 86.9 Å². The first kappa shape index (κ1) is 16.3. The minimum absolute atomic E-state index is 0.00847. The van der Waals surface area contributed by atoms with Crippen molar-refractivity contribution in [2.75, 3.05) is 10.6 Å². The van der Waals surface area contributed by atoms with Crippen LogP contribution >= 0.6 is 0 Å². The summed E-state index contributed by atoms with van der Waals surface area (Å²) in [7, 11) is 0. The predicted molar refractivity (Wildman–Crippen MR) is 101 cm³/mol. The number of nitrogens with zero attached hydrogens (tertiary/aromatic N) is 1. The Morgan fingerprint density at radius 1 is 1.27 bits per heavy atom. The van der Waals surface area contributed by atoms with Gasteiger partial charge in [0.25, 0.3) is 0 Å². The Morgan fingerprint density at radius 3 is 3.00 bits per heavy atom. The molecule has 6 heteroatoms. The van der Waals surface area contributed by atoms with Crippen molar-refractivity contribution in [1.29, 1.82) is 0 Å². The van der Waals surface area contributed by atoms with Crippen LogP contribution in [0.25, 0.3) is 11.0 Å². The van der Waals surface area contributed by atoms with E-state index in [1.54, 1.807) is 0 Å². The molecule has 0 saturated carbocycles. The molecule has 0 spiro atoms. The summed E-state index contributed by atoms with van der Waals surface area (Å²) in [5, 5.41) is 5.82. The Kier molecular flexibility index (Phi) is 4.16. The summed E-state index contributed by atoms with van der Waals surface area (Å²) in [5.74, 6) is 0.568. The molecule has 0 unspecified atom stereocenters. The highest BCUT2D eigenvalue weighted by atomic mass is 16.2. The van der Waals surface area contributed by atoms with Gasteiger partial charge in [-0.2, -0.15) is 0 Å². The number of H-pyrrole nitrogens is 1. The molecule has 1 aliphatic heterocycles. The zero-order valence-electron chi connectivity index (χ0n) is 14.5. The smallest absolute Gasteiger partial charge is 0.227 e. The van der Waals surface area contributed by atoms with E-state index in [2.05, 4.69) is 20.6 Å². The number of carbonyl (C=O) groups excluding carboxylic acids is 2. The number of hydrogen-bond acceptors (Lipinski definition) is 3. The number of rotatable bonds is 4. The van der Waals surface area contributed by atoms with E-state index in [1.807, 2.05) is 49.4 Å². The largest absolute Gasteiger partial charge is 0.342 e. The number of amides is 2. The highest BCUT2D eigenvalue weighted by Crippen LogP contribution is 2.27. The molecule has 132 valence electrons. The summed E-state index contributed by atoms with van der Waals surface area (Å²) in [6, 6.07) is 13.4. The third kappa shape index (κ3) is 3.31. The van der Waals surface area contributed by atoms with Crippen molar-refractivity contribution in [1.82, 2.24) is 9.97 Å². The number of benzene rings is 2. The van der Waals surface area contributed by atoms with Gasteiger partial charge in [0.2, 0.25) is 11.8 Å². The number of aromatic nitrogens is 2. The summed E-state index contributed by atoms with van der Waals surface area (Å²) in [5.41, 5.74) is 4.49. The standard InChI is InChI=1S/C20H20N4O2/c1-12-21-17-8-7-15(11-18(17)22-12)23-19(25)9-6-14-10-13-4-2-3-5-16(13)24-20(14)26/h2-5,7-8,11,14H,6,9-10H2,1H3,(H,21,22)(H,23,25)(H,24,26)/t14-/m0/s1. The Morgan fingerprint density at radius 2 is 2.12 bits per heavy atom. The van der Waals surface area contributed by atoms with Gasteiger partial charge in [0, 0.05) is 23.7 Å². The Hall–Kier alpha value is -3.15. The molecule has 0 saturated heterocycles. The Bertz CT molecular complexity index is 992. The lowest BCUT2D eigenvalue weighted by Gasteiger charge is -2.24. The van der Waals surface area contributed by atoms with Crippen LogP contribution in [-0.4, -0.2) is 21.8 Å². The van der Waals surface area contributed by atoms with Gasteiger partial charge < -0.3 is 15.6 Å². The lowest BCUT2D eigenvalue weighted by Crippen LogP contribution is -2.30. The van der Waals surface area contributed by atoms with Crippen molar-refractivity contribution in [2.24, 2.45) is 5.92 Å². The van der Waals surface area contributed by atoms with Gasteiger partial charge >= 0.3 is 0 Å². The number of aryl methyl sites for hydroxylation is 1. The van der Waals surface area contributed by atoms with E-state index >= 15 is 0 Å². The zero-order chi connectivity index (χ0) is 18.1. The van der Waals surface area contributed by atoms with Gasteiger partial charge in [0.15, 0.2) is 0 Å². The third-order valence-corrected chi connectivity index (χ3v) is 4.72. The van der Waals surface area contributed by atoms with Crippen LogP contribution < -0.4 is 10.6 Å². The molecule has 2 amide bonds. The van der Waals surface area contributed by atoms with Crippen molar-refractivity contribution in [2.45, 2.75) is 26.2 Å². The SMILES string of the molecule is Cc1nc2ccc(NC(=O)CC[C@H]3Cc4ccccc4NC3=O)cc2[nH]1. The lowest BCUT2D eigenvalue weighted by molar-refractivity contribution is -0.121. The monoisotopic (exact) mass is 348 g/mol. The minimum atomic E-state index is -0.173. The number of carbonyl (C=O) groups is 2. The fourth-order valence-electron chi connectivity index (χ4n) is 3.39. The average molecular weight is 348 g/mol. The number of fused-ring (bicyclic) bond motifs is 2. The second kappa shape index (κ2) is 6.63. The zero-order valence-corrected chi connectivity index (χ0v) is 14.5. The molecule has 1 atom stereocenters. The van der Waals surface area contributed by atoms with E-state index in [0.717, 1.165) is 33.8 Å². The fourth-order valence-corrected chi connectivity index (χ4v) is 3.39. The summed E-state index contributed by atoms with van der Waals surface area (Å²) in [6.07, 6.45) is 1.51. The molecule has 3 N–H and O–H groups in total. The molecule has 2 heterocycles. The van der Waals surface area contributed by atoms with E-state index < -0.39 is 0 Å². The van der Waals surface area contributed by atoms with E-state index in [-0.39, 0.29) is 17.7 Å². The number of anilines is 2. The van der Waals surface area contributed by atoms with Gasteiger partial charge in [0.05, 0.1) is 11.0 Å². The van der Waals surface area contributed by atoms with Gasteiger partial charge in [-0.3, -0.25) is 9.59 Å². The number of nitrogens with one attached hydrogen (secondary N) is 3. The van der Waals surface area contributed by atoms with Crippen molar-refractivity contribution >= 4 is 34.2 Å². The summed E-state index contributed by atoms with van der Waals surface area (Å²) >= 11 is 0. The number of hydrogen-bond donors (Lipinski definition) is 3. The molecule has 3 aromatic rings. The first-order valence-corrected chi connectivity index (χ1v) is 8.73. The number of aromatic amines is 1. The first-order chi connectivity index (χ1) is 12.6. The van der Waals surface area contributed by atoms with Crippen LogP contribution in [0.3, 0.4) is 0 Å². The molecule has 0 aliphatic carbocycles. The molecular formula is C20H20N4O2. The van der Waals surface area contributed by atoms with Crippen LogP contribution in [0.2, 0.25) is 0 Å². The molecule has 0 fully saturated rings. The molecule has 2 aromatic carbocycles. The highest BCUT2D eigenvalue weighted by molar-refractivity contribution is 5.97. The molecular weight excluding hydrogens is 328 g/mol. The second-order valence-electron chi connectivity index (χ2n) is 6.69. The molecule has 0 bridgehead atoms. The Labute approximate surface area is 151 Å². The van der Waals surface area contributed by atoms with E-state index in [0.29, 0.717) is 19.3 Å². The molecule has 1 aliphatic rings. The van der Waals surface area contributed by atoms with E-state index in [4.69, 9.17) is 0 Å². The highest BCUT2D eigenvalue weighted by Gasteiger charge is 2.26. The van der Waals surface area contributed by atoms with Crippen molar-refractivity contribution in [3.8, 4) is 0 Å². The van der Waals surface area contributed by atoms with Crippen LogP contribution in [0, 0.1) is 12.8 Å². The first-order valence-electron chi connectivity index (χ1n) is 8.73. The van der Waals surface area contributed by atoms with Crippen LogP contribution in [0.4, 0.5) is 11.4 Å². The Balaban J connectivity index is 1.37. The van der Waals surface area contributed by atoms with Crippen molar-refractivity contribution < 1.29 is 9.59 Å². The maximum absolute atomic E-state index is 12.3. The van der Waals surface area contributed by atoms with Gasteiger partial charge in [-0.05, 0) is 49.6 Å². The number of imidazole rings is 1. The van der Waals surface area contributed by atoms with Crippen LogP contribution in [0.1, 0.15) is 24.2 Å². The molecule has 26 heavy (non-hydrogen) atoms. The summed E-state index contributed by atoms with van der Waals surface area (Å²) < 4.78 is 0. The third-order valence-electron chi connectivity index (χ3n) is 4.72. The van der Waals surface area contributed by atoms with Crippen molar-refractivity contribution in [3.63, 3.8) is 0 Å². The predicted octanol–water partition coefficient (Wildman–Crippen LogP) is 3.40. The van der Waals surface area contributed by atoms with Gasteiger partial charge in [0.1, 0.15) is 5.82 Å². The van der Waals surface area contributed by atoms with Gasteiger partial charge in [-0.15, -0.1) is 0 Å². The second-order valence-corrected chi connectivity index (χ2v) is 6.69. The van der Waals surface area contributed by atoms with Gasteiger partial charge in [-0.1, -0.05) is 18.2 Å². The maximum Gasteiger partial charge on any atom is 0.227 e. The van der Waals surface area contributed by atoms with E-state index in [9.17, 15) is 9.59 Å². The van der Waals surface area contributed by atoms with E-state index in [1.165, 1.54) is 0 Å². The fraction of sp³-hybridized carbons (Fsp3) is 0.250. The molecule has 6 nitrogen and oxygen atoms in total. The summed E-state index contributed by atoms with van der Waals surface area (Å²) in [4.78, 5) is 32.0. The van der Waals surface area contributed by atoms with Crippen molar-refractivity contribution in [3.05, 3.63) is 53.9 Å². The van der Waals surface area contributed by atoms with Crippen LogP contribution in [-0.2, 0) is 16.0 Å². The maximum atomic E-state index is 12.3. The van der Waals surface area contributed by atoms with Gasteiger partial charge in [-0.25, -0.2) is 4.98 Å². The average Bonchev–Trinajstić information content (AvgIpc) is 2.99. The normalized spacial score (nSPS) is 16.2. The molecule has 0 radical (unpaired) electrons. The minimum Gasteiger partial charge on any atom is -0.342 e. The molecule has 1 aromatic heterocycles. The number of para-hydroxylation sites is 1. The van der Waals surface area contributed by atoms with Crippen LogP contribution in [0.15, 0.2) is 42.5 Å². The molecule has 4 rings (SSSR count). The quantitative estimate of drug-likeness (QED) is 0.675. The van der Waals surface area contributed by atoms with Crippen LogP contribution in [0.5, 0.6) is 0 Å².